The predicted molar refractivity (Wildman–Crippen MR) is 205 cm³/mol. The molecule has 0 aromatic heterocycles. The van der Waals surface area contributed by atoms with Crippen molar-refractivity contribution in [3.05, 3.63) is 0 Å². The molecule has 1 radical (unpaired) electrons. The van der Waals surface area contributed by atoms with Crippen LogP contribution in [0.25, 0.3) is 0 Å². The summed E-state index contributed by atoms with van der Waals surface area (Å²) < 4.78 is 98.5. The van der Waals surface area contributed by atoms with Crippen molar-refractivity contribution in [2.75, 3.05) is 165 Å². The summed E-state index contributed by atoms with van der Waals surface area (Å²) in [6.45, 7) is 13.5. The fourth-order valence-electron chi connectivity index (χ4n) is 4.41. The molecule has 321 valence electrons. The van der Waals surface area contributed by atoms with Gasteiger partial charge in [-0.2, -0.15) is 8.42 Å². The van der Waals surface area contributed by atoms with E-state index in [-0.39, 0.29) is 49.4 Å². The summed E-state index contributed by atoms with van der Waals surface area (Å²) in [6, 6.07) is 0. The Bertz CT molecular complexity index is 788. The Morgan fingerprint density at radius 1 is 0.296 bits per heavy atom. The molecule has 0 aliphatic rings. The van der Waals surface area contributed by atoms with Crippen molar-refractivity contribution < 1.29 is 74.0 Å². The molecule has 0 amide bonds. The van der Waals surface area contributed by atoms with Crippen molar-refractivity contribution in [3.63, 3.8) is 0 Å². The molecule has 54 heavy (non-hydrogen) atoms. The maximum atomic E-state index is 10.3. The van der Waals surface area contributed by atoms with Crippen LogP contribution < -0.4 is 0 Å². The standard InChI is InChI=1S/C36H74O16S.Na/c1-2-3-4-5-6-7-8-9-10-11-12-40-13-14-41-15-16-42-17-18-43-19-20-44-21-22-45-23-24-46-25-26-47-27-28-48-29-30-49-31-32-50-33-34-51-35-36-52-53(37,38)39;/h2-36H2,1H3,(H,37,38,39);. The second-order valence-electron chi connectivity index (χ2n) is 11.8. The number of ether oxygens (including phenoxy) is 12. The summed E-state index contributed by atoms with van der Waals surface area (Å²) in [7, 11) is -4.42. The maximum Gasteiger partial charge on any atom is 0.397 e. The predicted octanol–water partition coefficient (Wildman–Crippen LogP) is 3.55. The van der Waals surface area contributed by atoms with Crippen molar-refractivity contribution in [1.82, 2.24) is 0 Å². The number of unbranched alkanes of at least 4 members (excludes halogenated alkanes) is 9. The SMILES string of the molecule is CCCCCCCCCCCCOCCOCCOCCOCCOCCOCCOCCOCCOCCOCCOCCOCCOS(=O)(=O)O.[Na]. The molecular weight excluding hydrogens is 743 g/mol. The molecular formula is C36H74NaO16S. The van der Waals surface area contributed by atoms with Crippen LogP contribution in [0.3, 0.4) is 0 Å². The summed E-state index contributed by atoms with van der Waals surface area (Å²) in [4.78, 5) is 0. The third-order valence-corrected chi connectivity index (χ3v) is 7.66. The van der Waals surface area contributed by atoms with E-state index in [0.717, 1.165) is 13.0 Å². The second-order valence-corrected chi connectivity index (χ2v) is 12.9. The summed E-state index contributed by atoms with van der Waals surface area (Å²) in [6.07, 6.45) is 13.3. The first kappa shape index (κ1) is 56.5. The van der Waals surface area contributed by atoms with Gasteiger partial charge >= 0.3 is 10.4 Å². The van der Waals surface area contributed by atoms with E-state index in [1.807, 2.05) is 0 Å². The maximum absolute atomic E-state index is 10.3. The molecule has 18 heteroatoms. The number of rotatable bonds is 48. The Morgan fingerprint density at radius 2 is 0.481 bits per heavy atom. The van der Waals surface area contributed by atoms with Crippen molar-refractivity contribution >= 4 is 40.0 Å². The summed E-state index contributed by atoms with van der Waals surface area (Å²) in [5.41, 5.74) is 0. The molecule has 0 fully saturated rings. The molecule has 1 N–H and O–H groups in total. The zero-order valence-electron chi connectivity index (χ0n) is 33.7. The van der Waals surface area contributed by atoms with Crippen molar-refractivity contribution in [2.45, 2.75) is 71.1 Å². The fourth-order valence-corrected chi connectivity index (χ4v) is 4.69. The normalized spacial score (nSPS) is 11.7. The molecule has 0 bridgehead atoms. The molecule has 0 unspecified atom stereocenters. The Hall–Kier alpha value is 0.390. The molecule has 0 spiro atoms. The minimum absolute atomic E-state index is 0. The van der Waals surface area contributed by atoms with Crippen LogP contribution in [0.4, 0.5) is 0 Å². The molecule has 0 atom stereocenters. The van der Waals surface area contributed by atoms with Crippen molar-refractivity contribution in [2.24, 2.45) is 0 Å². The fraction of sp³-hybridized carbons (Fsp3) is 1.00. The largest absolute Gasteiger partial charge is 0.397 e. The monoisotopic (exact) mass is 817 g/mol. The Balaban J connectivity index is 0. The molecule has 0 aromatic carbocycles. The van der Waals surface area contributed by atoms with E-state index in [1.54, 1.807) is 0 Å². The van der Waals surface area contributed by atoms with Gasteiger partial charge in [0.2, 0.25) is 0 Å². The van der Waals surface area contributed by atoms with E-state index in [4.69, 9.17) is 61.4 Å². The first-order chi connectivity index (χ1) is 26.1. The van der Waals surface area contributed by atoms with Gasteiger partial charge in [0, 0.05) is 36.2 Å². The van der Waals surface area contributed by atoms with Crippen LogP contribution >= 0.6 is 0 Å². The van der Waals surface area contributed by atoms with Gasteiger partial charge in [0.1, 0.15) is 0 Å². The summed E-state index contributed by atoms with van der Waals surface area (Å²) in [5.74, 6) is 0. The van der Waals surface area contributed by atoms with E-state index in [9.17, 15) is 8.42 Å². The zero-order valence-corrected chi connectivity index (χ0v) is 36.5. The van der Waals surface area contributed by atoms with E-state index >= 15 is 0 Å². The van der Waals surface area contributed by atoms with Gasteiger partial charge in [-0.15, -0.1) is 0 Å². The topological polar surface area (TPSA) is 174 Å². The van der Waals surface area contributed by atoms with Crippen LogP contribution in [0.15, 0.2) is 0 Å². The smallest absolute Gasteiger partial charge is 0.379 e. The molecule has 0 aliphatic carbocycles. The van der Waals surface area contributed by atoms with Crippen LogP contribution in [0, 0.1) is 0 Å². The van der Waals surface area contributed by atoms with Gasteiger partial charge in [0.25, 0.3) is 0 Å². The van der Waals surface area contributed by atoms with Crippen molar-refractivity contribution in [1.29, 1.82) is 0 Å². The van der Waals surface area contributed by atoms with Gasteiger partial charge < -0.3 is 56.8 Å². The van der Waals surface area contributed by atoms with E-state index in [2.05, 4.69) is 11.1 Å². The number of hydrogen-bond acceptors (Lipinski definition) is 15. The van der Waals surface area contributed by atoms with Crippen LogP contribution in [-0.4, -0.2) is 208 Å². The molecule has 0 rings (SSSR count). The van der Waals surface area contributed by atoms with E-state index < -0.39 is 10.4 Å². The average Bonchev–Trinajstić information content (AvgIpc) is 3.14. The van der Waals surface area contributed by atoms with Crippen LogP contribution in [0.2, 0.25) is 0 Å². The Morgan fingerprint density at radius 3 is 0.704 bits per heavy atom. The Kier molecular flexibility index (Phi) is 51.8. The van der Waals surface area contributed by atoms with E-state index in [1.165, 1.54) is 57.8 Å². The zero-order chi connectivity index (χ0) is 38.4. The van der Waals surface area contributed by atoms with E-state index in [0.29, 0.717) is 139 Å². The minimum atomic E-state index is -4.42. The third-order valence-electron chi connectivity index (χ3n) is 7.19. The molecule has 0 saturated heterocycles. The van der Waals surface area contributed by atoms with Gasteiger partial charge in [-0.05, 0) is 6.42 Å². The third kappa shape index (κ3) is 54.5. The molecule has 16 nitrogen and oxygen atoms in total. The summed E-state index contributed by atoms with van der Waals surface area (Å²) >= 11 is 0. The van der Waals surface area contributed by atoms with Gasteiger partial charge in [0.05, 0.1) is 159 Å². The number of hydrogen-bond donors (Lipinski definition) is 1. The molecule has 0 aromatic rings. The quantitative estimate of drug-likeness (QED) is 0.0536. The van der Waals surface area contributed by atoms with Crippen molar-refractivity contribution in [3.8, 4) is 0 Å². The van der Waals surface area contributed by atoms with Gasteiger partial charge in [-0.3, -0.25) is 4.55 Å². The molecule has 0 heterocycles. The molecule has 0 saturated carbocycles. The summed E-state index contributed by atoms with van der Waals surface area (Å²) in [5, 5.41) is 0. The van der Waals surface area contributed by atoms with Gasteiger partial charge in [-0.1, -0.05) is 64.7 Å². The second kappa shape index (κ2) is 49.5. The average molecular weight is 818 g/mol. The van der Waals surface area contributed by atoms with Crippen LogP contribution in [-0.2, 0) is 71.4 Å². The molecule has 0 aliphatic heterocycles. The first-order valence-electron chi connectivity index (χ1n) is 19.6. The van der Waals surface area contributed by atoms with Crippen LogP contribution in [0.1, 0.15) is 71.1 Å². The first-order valence-corrected chi connectivity index (χ1v) is 21.0. The van der Waals surface area contributed by atoms with Gasteiger partial charge in [0.15, 0.2) is 0 Å². The van der Waals surface area contributed by atoms with Crippen LogP contribution in [0.5, 0.6) is 0 Å². The minimum Gasteiger partial charge on any atom is -0.379 e. The van der Waals surface area contributed by atoms with Gasteiger partial charge in [-0.25, -0.2) is 4.18 Å². The Labute approximate surface area is 348 Å².